The molecule has 0 heterocycles. The first kappa shape index (κ1) is 16.9. The van der Waals surface area contributed by atoms with Gasteiger partial charge in [-0.05, 0) is 55.0 Å². The van der Waals surface area contributed by atoms with Gasteiger partial charge >= 0.3 is 5.97 Å². The molecule has 0 radical (unpaired) electrons. The maximum Gasteiger partial charge on any atom is 0.337 e. The number of rotatable bonds is 4. The molecule has 24 heavy (non-hydrogen) atoms. The van der Waals surface area contributed by atoms with Crippen molar-refractivity contribution >= 4 is 46.1 Å². The maximum absolute atomic E-state index is 11.4. The zero-order valence-corrected chi connectivity index (χ0v) is 14.5. The zero-order valence-electron chi connectivity index (χ0n) is 13.0. The van der Waals surface area contributed by atoms with Crippen LogP contribution in [-0.4, -0.2) is 11.1 Å². The van der Waals surface area contributed by atoms with Crippen LogP contribution in [0.5, 0.6) is 0 Å². The summed E-state index contributed by atoms with van der Waals surface area (Å²) in [6, 6.07) is 10.4. The minimum Gasteiger partial charge on any atom is -0.478 e. The standard InChI is InChI=1S/C19H17Cl2NO2/c20-15-11-10-13(12-6-2-1-3-7-12)17(21)18(15)22-16-9-5-4-8-14(16)19(23)24/h4-6,8-11,22H,1-3,7H2,(H,23,24). The second-order valence-corrected chi connectivity index (χ2v) is 6.52. The lowest BCUT2D eigenvalue weighted by Crippen LogP contribution is -2.04. The molecule has 0 saturated carbocycles. The highest BCUT2D eigenvalue weighted by atomic mass is 35.5. The molecule has 0 spiro atoms. The summed E-state index contributed by atoms with van der Waals surface area (Å²) < 4.78 is 0. The van der Waals surface area contributed by atoms with Crippen LogP contribution in [-0.2, 0) is 0 Å². The number of hydrogen-bond acceptors (Lipinski definition) is 2. The SMILES string of the molecule is O=C(O)c1ccccc1Nc1c(Cl)ccc(C2=CCCCC2)c1Cl. The van der Waals surface area contributed by atoms with E-state index in [0.717, 1.165) is 24.8 Å². The van der Waals surface area contributed by atoms with Gasteiger partial charge in [0.15, 0.2) is 0 Å². The summed E-state index contributed by atoms with van der Waals surface area (Å²) in [5.74, 6) is -1.00. The van der Waals surface area contributed by atoms with Crippen LogP contribution in [0.4, 0.5) is 11.4 Å². The summed E-state index contributed by atoms with van der Waals surface area (Å²) in [6.07, 6.45) is 6.61. The van der Waals surface area contributed by atoms with E-state index < -0.39 is 5.97 Å². The van der Waals surface area contributed by atoms with Gasteiger partial charge in [0.25, 0.3) is 0 Å². The molecule has 0 atom stereocenters. The van der Waals surface area contributed by atoms with Gasteiger partial charge in [-0.15, -0.1) is 0 Å². The Morgan fingerprint density at radius 3 is 2.58 bits per heavy atom. The second-order valence-electron chi connectivity index (χ2n) is 5.73. The minimum absolute atomic E-state index is 0.173. The molecule has 0 amide bonds. The molecule has 2 aromatic rings. The molecule has 5 heteroatoms. The van der Waals surface area contributed by atoms with Crippen LogP contribution in [0.1, 0.15) is 41.6 Å². The predicted molar refractivity (Wildman–Crippen MR) is 99.6 cm³/mol. The highest BCUT2D eigenvalue weighted by molar-refractivity contribution is 6.40. The van der Waals surface area contributed by atoms with Gasteiger partial charge in [0.05, 0.1) is 27.0 Å². The van der Waals surface area contributed by atoms with Crippen LogP contribution in [0.25, 0.3) is 5.57 Å². The molecule has 0 aliphatic heterocycles. The van der Waals surface area contributed by atoms with Crippen molar-refractivity contribution in [2.24, 2.45) is 0 Å². The summed E-state index contributed by atoms with van der Waals surface area (Å²) in [5, 5.41) is 13.4. The summed E-state index contributed by atoms with van der Waals surface area (Å²) in [5.41, 5.74) is 3.35. The van der Waals surface area contributed by atoms with Gasteiger partial charge in [-0.2, -0.15) is 0 Å². The van der Waals surface area contributed by atoms with Crippen molar-refractivity contribution in [2.75, 3.05) is 5.32 Å². The number of hydrogen-bond donors (Lipinski definition) is 2. The predicted octanol–water partition coefficient (Wildman–Crippen LogP) is 6.39. The molecule has 0 bridgehead atoms. The molecule has 1 aliphatic rings. The third-order valence-corrected chi connectivity index (χ3v) is 4.85. The molecule has 0 fully saturated rings. The monoisotopic (exact) mass is 361 g/mol. The Morgan fingerprint density at radius 1 is 1.08 bits per heavy atom. The van der Waals surface area contributed by atoms with E-state index >= 15 is 0 Å². The van der Waals surface area contributed by atoms with Crippen LogP contribution < -0.4 is 5.32 Å². The van der Waals surface area contributed by atoms with E-state index in [1.165, 1.54) is 12.0 Å². The number of allylic oxidation sites excluding steroid dienone is 2. The zero-order chi connectivity index (χ0) is 17.1. The van der Waals surface area contributed by atoms with Gasteiger partial charge in [0.1, 0.15) is 0 Å². The van der Waals surface area contributed by atoms with Gasteiger partial charge in [-0.1, -0.05) is 47.5 Å². The molecule has 0 unspecified atom stereocenters. The van der Waals surface area contributed by atoms with E-state index in [0.29, 0.717) is 21.4 Å². The van der Waals surface area contributed by atoms with Crippen molar-refractivity contribution < 1.29 is 9.90 Å². The first-order chi connectivity index (χ1) is 11.6. The fourth-order valence-corrected chi connectivity index (χ4v) is 3.50. The Bertz CT molecular complexity index is 815. The Kier molecular flexibility index (Phi) is 5.12. The lowest BCUT2D eigenvalue weighted by molar-refractivity contribution is 0.0698. The smallest absolute Gasteiger partial charge is 0.337 e. The lowest BCUT2D eigenvalue weighted by atomic mass is 9.93. The quantitative estimate of drug-likeness (QED) is 0.662. The fraction of sp³-hybridized carbons (Fsp3) is 0.211. The first-order valence-electron chi connectivity index (χ1n) is 7.84. The number of halogens is 2. The normalized spacial score (nSPS) is 14.2. The molecule has 1 aliphatic carbocycles. The van der Waals surface area contributed by atoms with Crippen molar-refractivity contribution in [3.8, 4) is 0 Å². The Morgan fingerprint density at radius 2 is 1.88 bits per heavy atom. The van der Waals surface area contributed by atoms with E-state index in [9.17, 15) is 9.90 Å². The van der Waals surface area contributed by atoms with Crippen LogP contribution in [0.3, 0.4) is 0 Å². The molecule has 124 valence electrons. The Labute approximate surface area is 150 Å². The van der Waals surface area contributed by atoms with E-state index in [-0.39, 0.29) is 5.56 Å². The summed E-state index contributed by atoms with van der Waals surface area (Å²) >= 11 is 12.9. The van der Waals surface area contributed by atoms with Crippen LogP contribution >= 0.6 is 23.2 Å². The number of carboxylic acids is 1. The molecule has 0 saturated heterocycles. The molecule has 2 N–H and O–H groups in total. The summed E-state index contributed by atoms with van der Waals surface area (Å²) in [6.45, 7) is 0. The van der Waals surface area contributed by atoms with Gasteiger partial charge in [-0.25, -0.2) is 4.79 Å². The van der Waals surface area contributed by atoms with Crippen molar-refractivity contribution in [3.63, 3.8) is 0 Å². The van der Waals surface area contributed by atoms with E-state index in [2.05, 4.69) is 11.4 Å². The van der Waals surface area contributed by atoms with Gasteiger partial charge in [0, 0.05) is 0 Å². The molecule has 0 aromatic heterocycles. The molecular formula is C19H17Cl2NO2. The number of benzene rings is 2. The number of para-hydroxylation sites is 1. The van der Waals surface area contributed by atoms with Crippen LogP contribution in [0.15, 0.2) is 42.5 Å². The maximum atomic E-state index is 11.4. The molecule has 3 nitrogen and oxygen atoms in total. The van der Waals surface area contributed by atoms with E-state index in [4.69, 9.17) is 23.2 Å². The topological polar surface area (TPSA) is 49.3 Å². The number of carbonyl (C=O) groups is 1. The van der Waals surface area contributed by atoms with Crippen molar-refractivity contribution in [2.45, 2.75) is 25.7 Å². The van der Waals surface area contributed by atoms with E-state index in [1.807, 2.05) is 6.07 Å². The van der Waals surface area contributed by atoms with Crippen molar-refractivity contribution in [1.82, 2.24) is 0 Å². The summed E-state index contributed by atoms with van der Waals surface area (Å²) in [4.78, 5) is 11.4. The van der Waals surface area contributed by atoms with Crippen LogP contribution in [0, 0.1) is 0 Å². The van der Waals surface area contributed by atoms with Crippen LogP contribution in [0.2, 0.25) is 10.0 Å². The third kappa shape index (κ3) is 3.42. The molecule has 2 aromatic carbocycles. The number of anilines is 2. The number of carboxylic acid groups (broad SMARTS) is 1. The minimum atomic E-state index is -1.00. The largest absolute Gasteiger partial charge is 0.478 e. The third-order valence-electron chi connectivity index (χ3n) is 4.15. The number of aromatic carboxylic acids is 1. The lowest BCUT2D eigenvalue weighted by Gasteiger charge is -2.18. The second kappa shape index (κ2) is 7.29. The summed E-state index contributed by atoms with van der Waals surface area (Å²) in [7, 11) is 0. The Balaban J connectivity index is 2.02. The highest BCUT2D eigenvalue weighted by Crippen LogP contribution is 2.40. The Hall–Kier alpha value is -1.97. The van der Waals surface area contributed by atoms with Crippen molar-refractivity contribution in [3.05, 3.63) is 63.6 Å². The number of nitrogens with one attached hydrogen (secondary N) is 1. The first-order valence-corrected chi connectivity index (χ1v) is 8.60. The average Bonchev–Trinajstić information content (AvgIpc) is 2.59. The van der Waals surface area contributed by atoms with E-state index in [1.54, 1.807) is 30.3 Å². The highest BCUT2D eigenvalue weighted by Gasteiger charge is 2.17. The molecule has 3 rings (SSSR count). The van der Waals surface area contributed by atoms with Crippen molar-refractivity contribution in [1.29, 1.82) is 0 Å². The van der Waals surface area contributed by atoms with Gasteiger partial charge in [-0.3, -0.25) is 0 Å². The van der Waals surface area contributed by atoms with Gasteiger partial charge in [0.2, 0.25) is 0 Å². The van der Waals surface area contributed by atoms with Gasteiger partial charge < -0.3 is 10.4 Å². The average molecular weight is 362 g/mol. The fourth-order valence-electron chi connectivity index (χ4n) is 2.91. The molecular weight excluding hydrogens is 345 g/mol.